The van der Waals surface area contributed by atoms with Crippen LogP contribution < -0.4 is 5.32 Å². The Morgan fingerprint density at radius 1 is 1.17 bits per heavy atom. The molecule has 2 rings (SSSR count). The molecule has 0 bridgehead atoms. The van der Waals surface area contributed by atoms with Crippen molar-refractivity contribution in [1.82, 2.24) is 5.32 Å². The van der Waals surface area contributed by atoms with Gasteiger partial charge in [0.2, 0.25) is 0 Å². The largest absolute Gasteiger partial charge is 0.313 e. The van der Waals surface area contributed by atoms with E-state index in [0.29, 0.717) is 0 Å². The van der Waals surface area contributed by atoms with E-state index in [9.17, 15) is 4.39 Å². The third-order valence-corrected chi connectivity index (χ3v) is 3.16. The minimum atomic E-state index is -0.209. The van der Waals surface area contributed by atoms with E-state index in [-0.39, 0.29) is 11.9 Å². The molecule has 94 valence electrons. The summed E-state index contributed by atoms with van der Waals surface area (Å²) in [4.78, 5) is 0. The van der Waals surface area contributed by atoms with Gasteiger partial charge < -0.3 is 5.32 Å². The van der Waals surface area contributed by atoms with E-state index in [1.165, 1.54) is 6.07 Å². The summed E-state index contributed by atoms with van der Waals surface area (Å²) in [6, 6.07) is 14.5. The number of halogens is 2. The van der Waals surface area contributed by atoms with Crippen molar-refractivity contribution >= 4 is 11.6 Å². The number of likely N-dealkylation sites (N-methyl/N-ethyl adjacent to an activating group) is 1. The van der Waals surface area contributed by atoms with Crippen molar-refractivity contribution in [2.24, 2.45) is 0 Å². The number of nitrogens with one attached hydrogen (secondary N) is 1. The van der Waals surface area contributed by atoms with Crippen molar-refractivity contribution < 1.29 is 4.39 Å². The molecular weight excluding hydrogens is 249 g/mol. The lowest BCUT2D eigenvalue weighted by Gasteiger charge is -2.17. The zero-order valence-electron chi connectivity index (χ0n) is 10.2. The zero-order valence-corrected chi connectivity index (χ0v) is 10.9. The fourth-order valence-corrected chi connectivity index (χ4v) is 2.22. The first-order valence-corrected chi connectivity index (χ1v) is 6.24. The molecule has 0 aliphatic heterocycles. The first kappa shape index (κ1) is 13.1. The molecular formula is C15H15ClFN. The Labute approximate surface area is 112 Å². The monoisotopic (exact) mass is 263 g/mol. The Hall–Kier alpha value is -1.38. The molecule has 1 atom stereocenters. The van der Waals surface area contributed by atoms with Gasteiger partial charge in [0.25, 0.3) is 0 Å². The maximum absolute atomic E-state index is 13.2. The molecule has 0 aliphatic carbocycles. The van der Waals surface area contributed by atoms with Gasteiger partial charge in [-0.15, -0.1) is 0 Å². The standard InChI is InChI=1S/C15H15ClFN/c1-18-15(12-5-3-7-14(17)10-12)9-11-4-2-6-13(16)8-11/h2-8,10,15,18H,9H2,1H3. The van der Waals surface area contributed by atoms with Crippen LogP contribution >= 0.6 is 11.6 Å². The van der Waals surface area contributed by atoms with Gasteiger partial charge in [0, 0.05) is 11.1 Å². The van der Waals surface area contributed by atoms with E-state index in [1.54, 1.807) is 12.1 Å². The minimum absolute atomic E-state index is 0.0826. The summed E-state index contributed by atoms with van der Waals surface area (Å²) >= 11 is 5.96. The van der Waals surface area contributed by atoms with E-state index in [1.807, 2.05) is 37.4 Å². The molecule has 0 spiro atoms. The van der Waals surface area contributed by atoms with Crippen molar-refractivity contribution in [3.05, 3.63) is 70.5 Å². The second kappa shape index (κ2) is 5.98. The SMILES string of the molecule is CNC(Cc1cccc(Cl)c1)c1cccc(F)c1. The van der Waals surface area contributed by atoms with Crippen LogP contribution in [0, 0.1) is 5.82 Å². The molecule has 0 amide bonds. The van der Waals surface area contributed by atoms with E-state index >= 15 is 0 Å². The predicted molar refractivity (Wildman–Crippen MR) is 73.4 cm³/mol. The normalized spacial score (nSPS) is 12.4. The van der Waals surface area contributed by atoms with E-state index in [2.05, 4.69) is 5.32 Å². The van der Waals surface area contributed by atoms with Crippen LogP contribution in [0.2, 0.25) is 5.02 Å². The highest BCUT2D eigenvalue weighted by Crippen LogP contribution is 2.20. The average molecular weight is 264 g/mol. The van der Waals surface area contributed by atoms with Gasteiger partial charge in [0.1, 0.15) is 5.82 Å². The van der Waals surface area contributed by atoms with Crippen molar-refractivity contribution in [2.45, 2.75) is 12.5 Å². The molecule has 2 aromatic rings. The zero-order chi connectivity index (χ0) is 13.0. The molecule has 0 saturated heterocycles. The summed E-state index contributed by atoms with van der Waals surface area (Å²) in [6.45, 7) is 0. The Morgan fingerprint density at radius 3 is 2.61 bits per heavy atom. The summed E-state index contributed by atoms with van der Waals surface area (Å²) < 4.78 is 13.2. The van der Waals surface area contributed by atoms with Crippen LogP contribution in [0.4, 0.5) is 4.39 Å². The number of hydrogen-bond donors (Lipinski definition) is 1. The molecule has 0 saturated carbocycles. The molecule has 18 heavy (non-hydrogen) atoms. The topological polar surface area (TPSA) is 12.0 Å². The molecule has 1 unspecified atom stereocenters. The minimum Gasteiger partial charge on any atom is -0.313 e. The number of hydrogen-bond acceptors (Lipinski definition) is 1. The summed E-state index contributed by atoms with van der Waals surface area (Å²) in [7, 11) is 1.88. The summed E-state index contributed by atoms with van der Waals surface area (Å²) in [5, 5.41) is 3.93. The van der Waals surface area contributed by atoms with E-state index in [0.717, 1.165) is 22.6 Å². The molecule has 0 radical (unpaired) electrons. The van der Waals surface area contributed by atoms with Crippen LogP contribution in [-0.4, -0.2) is 7.05 Å². The van der Waals surface area contributed by atoms with Gasteiger partial charge in [-0.1, -0.05) is 35.9 Å². The molecule has 0 aromatic heterocycles. The summed E-state index contributed by atoms with van der Waals surface area (Å²) in [6.07, 6.45) is 0.778. The number of rotatable bonds is 4. The van der Waals surface area contributed by atoms with Gasteiger partial charge in [-0.05, 0) is 48.9 Å². The van der Waals surface area contributed by atoms with Gasteiger partial charge in [-0.3, -0.25) is 0 Å². The van der Waals surface area contributed by atoms with E-state index in [4.69, 9.17) is 11.6 Å². The highest BCUT2D eigenvalue weighted by atomic mass is 35.5. The molecule has 0 fully saturated rings. The molecule has 3 heteroatoms. The quantitative estimate of drug-likeness (QED) is 0.880. The maximum Gasteiger partial charge on any atom is 0.123 e. The third-order valence-electron chi connectivity index (χ3n) is 2.93. The van der Waals surface area contributed by atoms with Crippen molar-refractivity contribution in [3.63, 3.8) is 0 Å². The lowest BCUT2D eigenvalue weighted by Crippen LogP contribution is -2.18. The molecule has 2 aromatic carbocycles. The Morgan fingerprint density at radius 2 is 1.94 bits per heavy atom. The lowest BCUT2D eigenvalue weighted by atomic mass is 9.99. The van der Waals surface area contributed by atoms with Gasteiger partial charge in [-0.25, -0.2) is 4.39 Å². The molecule has 0 aliphatic rings. The fourth-order valence-electron chi connectivity index (χ4n) is 2.01. The fraction of sp³-hybridized carbons (Fsp3) is 0.200. The van der Waals surface area contributed by atoms with Crippen molar-refractivity contribution in [2.75, 3.05) is 7.05 Å². The highest BCUT2D eigenvalue weighted by molar-refractivity contribution is 6.30. The number of benzene rings is 2. The lowest BCUT2D eigenvalue weighted by molar-refractivity contribution is 0.577. The average Bonchev–Trinajstić information content (AvgIpc) is 2.36. The van der Waals surface area contributed by atoms with Crippen LogP contribution in [0.25, 0.3) is 0 Å². The second-order valence-electron chi connectivity index (χ2n) is 4.23. The summed E-state index contributed by atoms with van der Waals surface area (Å²) in [5.41, 5.74) is 2.07. The Balaban J connectivity index is 2.19. The smallest absolute Gasteiger partial charge is 0.123 e. The molecule has 0 heterocycles. The maximum atomic E-state index is 13.2. The van der Waals surface area contributed by atoms with Gasteiger partial charge in [0.15, 0.2) is 0 Å². The Bertz CT molecular complexity index is 527. The predicted octanol–water partition coefficient (Wildman–Crippen LogP) is 3.98. The van der Waals surface area contributed by atoms with Gasteiger partial charge in [-0.2, -0.15) is 0 Å². The van der Waals surface area contributed by atoms with E-state index < -0.39 is 0 Å². The molecule has 1 N–H and O–H groups in total. The second-order valence-corrected chi connectivity index (χ2v) is 4.67. The Kier molecular flexibility index (Phi) is 4.34. The van der Waals surface area contributed by atoms with Gasteiger partial charge >= 0.3 is 0 Å². The third kappa shape index (κ3) is 3.31. The van der Waals surface area contributed by atoms with Crippen LogP contribution in [0.15, 0.2) is 48.5 Å². The van der Waals surface area contributed by atoms with Crippen molar-refractivity contribution in [3.8, 4) is 0 Å². The highest BCUT2D eigenvalue weighted by Gasteiger charge is 2.10. The van der Waals surface area contributed by atoms with Crippen molar-refractivity contribution in [1.29, 1.82) is 0 Å². The van der Waals surface area contributed by atoms with Crippen LogP contribution in [0.1, 0.15) is 17.2 Å². The summed E-state index contributed by atoms with van der Waals surface area (Å²) in [5.74, 6) is -0.209. The van der Waals surface area contributed by atoms with Crippen LogP contribution in [-0.2, 0) is 6.42 Å². The van der Waals surface area contributed by atoms with Gasteiger partial charge in [0.05, 0.1) is 0 Å². The molecule has 1 nitrogen and oxygen atoms in total. The van der Waals surface area contributed by atoms with Crippen LogP contribution in [0.3, 0.4) is 0 Å². The first-order valence-electron chi connectivity index (χ1n) is 5.86. The van der Waals surface area contributed by atoms with Crippen LogP contribution in [0.5, 0.6) is 0 Å². The first-order chi connectivity index (χ1) is 8.69.